The minimum absolute atomic E-state index is 0.0703. The molecular formula is C17H28N2. The summed E-state index contributed by atoms with van der Waals surface area (Å²) in [6.45, 7) is 12.7. The maximum atomic E-state index is 3.77. The predicted octanol–water partition coefficient (Wildman–Crippen LogP) is 3.24. The Kier molecular flexibility index (Phi) is 4.64. The van der Waals surface area contributed by atoms with Crippen molar-refractivity contribution in [3.05, 3.63) is 35.9 Å². The van der Waals surface area contributed by atoms with E-state index in [0.29, 0.717) is 6.04 Å². The zero-order valence-corrected chi connectivity index (χ0v) is 12.8. The highest BCUT2D eigenvalue weighted by Gasteiger charge is 2.33. The molecule has 2 nitrogen and oxygen atoms in total. The Morgan fingerprint density at radius 1 is 1.32 bits per heavy atom. The first-order valence-corrected chi connectivity index (χ1v) is 7.56. The van der Waals surface area contributed by atoms with E-state index in [9.17, 15) is 0 Å². The number of rotatable bonds is 3. The molecule has 2 unspecified atom stereocenters. The van der Waals surface area contributed by atoms with E-state index in [4.69, 9.17) is 0 Å². The molecule has 1 heterocycles. The van der Waals surface area contributed by atoms with Crippen molar-refractivity contribution in [2.75, 3.05) is 19.6 Å². The summed E-state index contributed by atoms with van der Waals surface area (Å²) in [7, 11) is 0. The number of nitrogens with one attached hydrogen (secondary N) is 1. The monoisotopic (exact) mass is 260 g/mol. The van der Waals surface area contributed by atoms with Crippen molar-refractivity contribution in [3.63, 3.8) is 0 Å². The lowest BCUT2D eigenvalue weighted by Crippen LogP contribution is -2.48. The molecule has 106 valence electrons. The number of hydrogen-bond donors (Lipinski definition) is 1. The van der Waals surface area contributed by atoms with Gasteiger partial charge in [-0.05, 0) is 38.3 Å². The van der Waals surface area contributed by atoms with Crippen molar-refractivity contribution in [1.29, 1.82) is 0 Å². The molecule has 1 aromatic carbocycles. The van der Waals surface area contributed by atoms with Crippen molar-refractivity contribution in [1.82, 2.24) is 10.2 Å². The van der Waals surface area contributed by atoms with Gasteiger partial charge in [-0.2, -0.15) is 0 Å². The van der Waals surface area contributed by atoms with E-state index in [1.807, 2.05) is 0 Å². The first-order chi connectivity index (χ1) is 9.01. The van der Waals surface area contributed by atoms with E-state index in [2.05, 4.69) is 68.2 Å². The molecule has 1 fully saturated rings. The first-order valence-electron chi connectivity index (χ1n) is 7.56. The van der Waals surface area contributed by atoms with Gasteiger partial charge in [0.1, 0.15) is 0 Å². The largest absolute Gasteiger partial charge is 0.306 e. The van der Waals surface area contributed by atoms with E-state index in [-0.39, 0.29) is 5.54 Å². The topological polar surface area (TPSA) is 15.3 Å². The van der Waals surface area contributed by atoms with E-state index in [1.54, 1.807) is 0 Å². The fraction of sp³-hybridized carbons (Fsp3) is 0.647. The second kappa shape index (κ2) is 6.06. The van der Waals surface area contributed by atoms with Crippen LogP contribution in [0.2, 0.25) is 0 Å². The van der Waals surface area contributed by atoms with Gasteiger partial charge < -0.3 is 5.32 Å². The van der Waals surface area contributed by atoms with Gasteiger partial charge in [0.15, 0.2) is 0 Å². The average Bonchev–Trinajstić information content (AvgIpc) is 2.51. The SMILES string of the molecule is CC(C)CN1CC(C)(c2ccccc2)NCCC1C. The van der Waals surface area contributed by atoms with Crippen molar-refractivity contribution in [2.45, 2.75) is 45.7 Å². The lowest BCUT2D eigenvalue weighted by Gasteiger charge is -2.36. The van der Waals surface area contributed by atoms with E-state index in [0.717, 1.165) is 19.0 Å². The molecule has 0 bridgehead atoms. The fourth-order valence-corrected chi connectivity index (χ4v) is 3.07. The predicted molar refractivity (Wildman–Crippen MR) is 82.3 cm³/mol. The van der Waals surface area contributed by atoms with Crippen LogP contribution in [0.4, 0.5) is 0 Å². The molecule has 0 radical (unpaired) electrons. The maximum Gasteiger partial charge on any atom is 0.0535 e. The van der Waals surface area contributed by atoms with Crippen LogP contribution in [0.1, 0.15) is 39.7 Å². The summed E-state index contributed by atoms with van der Waals surface area (Å²) in [4.78, 5) is 2.65. The lowest BCUT2D eigenvalue weighted by atomic mass is 9.91. The Bertz CT molecular complexity index is 388. The number of hydrogen-bond acceptors (Lipinski definition) is 2. The summed E-state index contributed by atoms with van der Waals surface area (Å²) in [6.07, 6.45) is 1.23. The summed E-state index contributed by atoms with van der Waals surface area (Å²) in [5, 5.41) is 3.77. The maximum absolute atomic E-state index is 3.77. The summed E-state index contributed by atoms with van der Waals surface area (Å²) in [6, 6.07) is 11.5. The van der Waals surface area contributed by atoms with Gasteiger partial charge in [-0.1, -0.05) is 44.2 Å². The molecule has 0 aliphatic carbocycles. The normalized spacial score (nSPS) is 29.4. The third-order valence-electron chi connectivity index (χ3n) is 4.23. The third kappa shape index (κ3) is 3.58. The standard InChI is InChI=1S/C17H28N2/c1-14(2)12-19-13-17(4,18-11-10-15(19)3)16-8-6-5-7-9-16/h5-9,14-15,18H,10-13H2,1-4H3. The van der Waals surface area contributed by atoms with Gasteiger partial charge in [0.25, 0.3) is 0 Å². The van der Waals surface area contributed by atoms with Crippen molar-refractivity contribution in [3.8, 4) is 0 Å². The van der Waals surface area contributed by atoms with Crippen LogP contribution in [-0.4, -0.2) is 30.6 Å². The Balaban J connectivity index is 2.21. The molecule has 0 aromatic heterocycles. The Morgan fingerprint density at radius 3 is 2.63 bits per heavy atom. The molecule has 0 saturated carbocycles. The quantitative estimate of drug-likeness (QED) is 0.897. The van der Waals surface area contributed by atoms with Gasteiger partial charge >= 0.3 is 0 Å². The Labute approximate surface area is 118 Å². The van der Waals surface area contributed by atoms with E-state index in [1.165, 1.54) is 18.5 Å². The van der Waals surface area contributed by atoms with Gasteiger partial charge in [0, 0.05) is 19.1 Å². The van der Waals surface area contributed by atoms with Gasteiger partial charge in [-0.15, -0.1) is 0 Å². The molecule has 2 heteroatoms. The molecule has 1 aromatic rings. The fourth-order valence-electron chi connectivity index (χ4n) is 3.07. The molecular weight excluding hydrogens is 232 g/mol. The van der Waals surface area contributed by atoms with E-state index >= 15 is 0 Å². The van der Waals surface area contributed by atoms with Gasteiger partial charge in [0.05, 0.1) is 5.54 Å². The molecule has 1 N–H and O–H groups in total. The van der Waals surface area contributed by atoms with Gasteiger partial charge in [0.2, 0.25) is 0 Å². The second-order valence-electron chi connectivity index (χ2n) is 6.59. The Morgan fingerprint density at radius 2 is 2.00 bits per heavy atom. The summed E-state index contributed by atoms with van der Waals surface area (Å²) < 4.78 is 0. The molecule has 1 saturated heterocycles. The van der Waals surface area contributed by atoms with Gasteiger partial charge in [-0.3, -0.25) is 4.90 Å². The number of nitrogens with zero attached hydrogens (tertiary/aromatic N) is 1. The highest BCUT2D eigenvalue weighted by Crippen LogP contribution is 2.26. The second-order valence-corrected chi connectivity index (χ2v) is 6.59. The zero-order valence-electron chi connectivity index (χ0n) is 12.8. The lowest BCUT2D eigenvalue weighted by molar-refractivity contribution is 0.156. The summed E-state index contributed by atoms with van der Waals surface area (Å²) in [5.41, 5.74) is 1.47. The summed E-state index contributed by atoms with van der Waals surface area (Å²) in [5.74, 6) is 0.723. The van der Waals surface area contributed by atoms with Crippen molar-refractivity contribution >= 4 is 0 Å². The van der Waals surface area contributed by atoms with Gasteiger partial charge in [-0.25, -0.2) is 0 Å². The average molecular weight is 260 g/mol. The van der Waals surface area contributed by atoms with Crippen LogP contribution in [0, 0.1) is 5.92 Å². The van der Waals surface area contributed by atoms with Crippen LogP contribution in [-0.2, 0) is 5.54 Å². The summed E-state index contributed by atoms with van der Waals surface area (Å²) >= 11 is 0. The molecule has 0 spiro atoms. The Hall–Kier alpha value is -0.860. The highest BCUT2D eigenvalue weighted by atomic mass is 15.2. The molecule has 2 atom stereocenters. The smallest absolute Gasteiger partial charge is 0.0535 e. The van der Waals surface area contributed by atoms with Crippen LogP contribution in [0.15, 0.2) is 30.3 Å². The van der Waals surface area contributed by atoms with Crippen LogP contribution >= 0.6 is 0 Å². The molecule has 1 aliphatic heterocycles. The van der Waals surface area contributed by atoms with Crippen molar-refractivity contribution < 1.29 is 0 Å². The molecule has 2 rings (SSSR count). The molecule has 0 amide bonds. The highest BCUT2D eigenvalue weighted by molar-refractivity contribution is 5.24. The minimum Gasteiger partial charge on any atom is -0.306 e. The molecule has 1 aliphatic rings. The van der Waals surface area contributed by atoms with Crippen LogP contribution < -0.4 is 5.32 Å². The zero-order chi connectivity index (χ0) is 13.9. The minimum atomic E-state index is 0.0703. The first kappa shape index (κ1) is 14.5. The number of benzene rings is 1. The third-order valence-corrected chi connectivity index (χ3v) is 4.23. The van der Waals surface area contributed by atoms with Crippen LogP contribution in [0.5, 0.6) is 0 Å². The van der Waals surface area contributed by atoms with E-state index < -0.39 is 0 Å². The van der Waals surface area contributed by atoms with Crippen LogP contribution in [0.25, 0.3) is 0 Å². The van der Waals surface area contributed by atoms with Crippen molar-refractivity contribution in [2.24, 2.45) is 5.92 Å². The van der Waals surface area contributed by atoms with Crippen LogP contribution in [0.3, 0.4) is 0 Å². The molecule has 19 heavy (non-hydrogen) atoms.